The van der Waals surface area contributed by atoms with Crippen molar-refractivity contribution in [3.8, 4) is 5.75 Å². The lowest BCUT2D eigenvalue weighted by Gasteiger charge is -2.35. The molecule has 1 saturated heterocycles. The Labute approximate surface area is 120 Å². The number of amides is 1. The van der Waals surface area contributed by atoms with Gasteiger partial charge in [0.15, 0.2) is 0 Å². The average molecular weight is 271 g/mol. The number of carbonyl (C=O) groups excluding carboxylic acids is 1. The number of fused-ring (bicyclic) bond motifs is 1. The van der Waals surface area contributed by atoms with Crippen molar-refractivity contribution < 1.29 is 9.53 Å². The number of nitrogens with zero attached hydrogens (tertiary/aromatic N) is 1. The maximum absolute atomic E-state index is 12.6. The third kappa shape index (κ3) is 2.58. The molecule has 0 bridgehead atoms. The second-order valence-corrected chi connectivity index (χ2v) is 6.15. The van der Waals surface area contributed by atoms with Gasteiger partial charge in [0.05, 0.1) is 5.57 Å². The highest BCUT2D eigenvalue weighted by atomic mass is 16.5. The minimum Gasteiger partial charge on any atom is -0.488 e. The molecule has 2 aliphatic heterocycles. The first-order valence-electron chi connectivity index (χ1n) is 7.35. The highest BCUT2D eigenvalue weighted by Gasteiger charge is 2.28. The van der Waals surface area contributed by atoms with Crippen LogP contribution in [0.2, 0.25) is 0 Å². The van der Waals surface area contributed by atoms with Crippen molar-refractivity contribution in [3.63, 3.8) is 0 Å². The van der Waals surface area contributed by atoms with Crippen LogP contribution in [0.4, 0.5) is 0 Å². The van der Waals surface area contributed by atoms with E-state index < -0.39 is 0 Å². The first-order chi connectivity index (χ1) is 9.63. The van der Waals surface area contributed by atoms with E-state index in [4.69, 9.17) is 4.74 Å². The zero-order valence-electron chi connectivity index (χ0n) is 12.1. The third-order valence-corrected chi connectivity index (χ3v) is 4.06. The first kappa shape index (κ1) is 13.2. The van der Waals surface area contributed by atoms with E-state index >= 15 is 0 Å². The highest BCUT2D eigenvalue weighted by molar-refractivity contribution is 5.99. The van der Waals surface area contributed by atoms with Gasteiger partial charge in [0.25, 0.3) is 5.91 Å². The van der Waals surface area contributed by atoms with E-state index in [1.54, 1.807) is 0 Å². The lowest BCUT2D eigenvalue weighted by Crippen LogP contribution is -2.44. The van der Waals surface area contributed by atoms with Gasteiger partial charge in [-0.25, -0.2) is 0 Å². The van der Waals surface area contributed by atoms with Gasteiger partial charge in [-0.3, -0.25) is 4.79 Å². The largest absolute Gasteiger partial charge is 0.488 e. The Morgan fingerprint density at radius 1 is 1.20 bits per heavy atom. The zero-order chi connectivity index (χ0) is 14.1. The van der Waals surface area contributed by atoms with E-state index in [1.807, 2.05) is 35.2 Å². The summed E-state index contributed by atoms with van der Waals surface area (Å²) in [6.07, 6.45) is 3.19. The minimum atomic E-state index is 0.137. The van der Waals surface area contributed by atoms with Gasteiger partial charge < -0.3 is 9.64 Å². The molecular formula is C17H21NO2. The Hall–Kier alpha value is -1.77. The molecule has 3 nitrogen and oxygen atoms in total. The smallest absolute Gasteiger partial charge is 0.253 e. The number of ether oxygens (including phenoxy) is 1. The number of hydrogen-bond acceptors (Lipinski definition) is 2. The molecule has 0 spiro atoms. The van der Waals surface area contributed by atoms with Gasteiger partial charge in [0.2, 0.25) is 0 Å². The van der Waals surface area contributed by atoms with Crippen LogP contribution in [0, 0.1) is 11.8 Å². The summed E-state index contributed by atoms with van der Waals surface area (Å²) in [7, 11) is 0. The molecule has 0 N–H and O–H groups in total. The predicted octanol–water partition coefficient (Wildman–Crippen LogP) is 2.97. The maximum atomic E-state index is 12.6. The van der Waals surface area contributed by atoms with Crippen LogP contribution in [0.15, 0.2) is 29.8 Å². The molecule has 0 saturated carbocycles. The summed E-state index contributed by atoms with van der Waals surface area (Å²) in [5, 5.41) is 0. The molecule has 1 amide bonds. The van der Waals surface area contributed by atoms with Crippen molar-refractivity contribution in [2.75, 3.05) is 19.7 Å². The summed E-state index contributed by atoms with van der Waals surface area (Å²) >= 11 is 0. The van der Waals surface area contributed by atoms with E-state index in [9.17, 15) is 4.79 Å². The SMILES string of the molecule is CC1CC(C)CN(C(=O)C2=Cc3ccccc3OC2)C1. The molecule has 106 valence electrons. The molecule has 2 heterocycles. The Bertz CT molecular complexity index is 540. The van der Waals surface area contributed by atoms with Crippen LogP contribution < -0.4 is 4.74 Å². The monoisotopic (exact) mass is 271 g/mol. The van der Waals surface area contributed by atoms with Gasteiger partial charge in [-0.15, -0.1) is 0 Å². The number of hydrogen-bond donors (Lipinski definition) is 0. The Balaban J connectivity index is 1.80. The third-order valence-electron chi connectivity index (χ3n) is 4.06. The number of para-hydroxylation sites is 1. The fourth-order valence-electron chi connectivity index (χ4n) is 3.27. The number of carbonyl (C=O) groups is 1. The highest BCUT2D eigenvalue weighted by Crippen LogP contribution is 2.28. The van der Waals surface area contributed by atoms with Crippen LogP contribution in [-0.4, -0.2) is 30.5 Å². The molecule has 2 atom stereocenters. The number of benzene rings is 1. The van der Waals surface area contributed by atoms with Crippen LogP contribution in [-0.2, 0) is 4.79 Å². The minimum absolute atomic E-state index is 0.137. The normalized spacial score (nSPS) is 25.5. The van der Waals surface area contributed by atoms with Crippen LogP contribution in [0.3, 0.4) is 0 Å². The van der Waals surface area contributed by atoms with Gasteiger partial charge in [-0.2, -0.15) is 0 Å². The Morgan fingerprint density at radius 2 is 1.90 bits per heavy atom. The summed E-state index contributed by atoms with van der Waals surface area (Å²) in [6, 6.07) is 7.85. The fraction of sp³-hybridized carbons (Fsp3) is 0.471. The Kier molecular flexibility index (Phi) is 3.51. The molecule has 1 aromatic carbocycles. The van der Waals surface area contributed by atoms with Crippen LogP contribution >= 0.6 is 0 Å². The molecule has 0 aliphatic carbocycles. The second-order valence-electron chi connectivity index (χ2n) is 6.15. The van der Waals surface area contributed by atoms with Crippen molar-refractivity contribution in [2.45, 2.75) is 20.3 Å². The van der Waals surface area contributed by atoms with Gasteiger partial charge in [-0.1, -0.05) is 32.0 Å². The molecular weight excluding hydrogens is 250 g/mol. The van der Waals surface area contributed by atoms with Crippen molar-refractivity contribution in [1.82, 2.24) is 4.90 Å². The molecule has 2 aliphatic rings. The molecule has 0 aromatic heterocycles. The zero-order valence-corrected chi connectivity index (χ0v) is 12.1. The van der Waals surface area contributed by atoms with E-state index in [0.717, 1.165) is 30.0 Å². The first-order valence-corrected chi connectivity index (χ1v) is 7.35. The van der Waals surface area contributed by atoms with Gasteiger partial charge in [-0.05, 0) is 30.4 Å². The van der Waals surface area contributed by atoms with E-state index in [0.29, 0.717) is 18.4 Å². The number of likely N-dealkylation sites (tertiary alicyclic amines) is 1. The summed E-state index contributed by atoms with van der Waals surface area (Å²) in [5.41, 5.74) is 1.77. The van der Waals surface area contributed by atoms with Crippen LogP contribution in [0.25, 0.3) is 6.08 Å². The molecule has 20 heavy (non-hydrogen) atoms. The van der Waals surface area contributed by atoms with Crippen molar-refractivity contribution >= 4 is 12.0 Å². The van der Waals surface area contributed by atoms with E-state index in [2.05, 4.69) is 13.8 Å². The van der Waals surface area contributed by atoms with Crippen LogP contribution in [0.5, 0.6) is 5.75 Å². The lowest BCUT2D eigenvalue weighted by molar-refractivity contribution is -0.130. The summed E-state index contributed by atoms with van der Waals surface area (Å²) in [5.74, 6) is 2.17. The maximum Gasteiger partial charge on any atom is 0.253 e. The van der Waals surface area contributed by atoms with Crippen LogP contribution in [0.1, 0.15) is 25.8 Å². The second kappa shape index (κ2) is 5.31. The van der Waals surface area contributed by atoms with Crippen molar-refractivity contribution in [1.29, 1.82) is 0 Å². The standard InChI is InChI=1S/C17H21NO2/c1-12-7-13(2)10-18(9-12)17(19)15-8-14-5-3-4-6-16(14)20-11-15/h3-6,8,12-13H,7,9-11H2,1-2H3. The van der Waals surface area contributed by atoms with Gasteiger partial charge in [0, 0.05) is 18.7 Å². The predicted molar refractivity (Wildman–Crippen MR) is 79.4 cm³/mol. The molecule has 1 fully saturated rings. The lowest BCUT2D eigenvalue weighted by atomic mass is 9.91. The van der Waals surface area contributed by atoms with E-state index in [1.165, 1.54) is 6.42 Å². The Morgan fingerprint density at radius 3 is 2.65 bits per heavy atom. The van der Waals surface area contributed by atoms with Crippen molar-refractivity contribution in [3.05, 3.63) is 35.4 Å². The van der Waals surface area contributed by atoms with Crippen molar-refractivity contribution in [2.24, 2.45) is 11.8 Å². The van der Waals surface area contributed by atoms with Gasteiger partial charge >= 0.3 is 0 Å². The molecule has 2 unspecified atom stereocenters. The summed E-state index contributed by atoms with van der Waals surface area (Å²) in [6.45, 7) is 6.55. The molecule has 1 aromatic rings. The quantitative estimate of drug-likeness (QED) is 0.786. The topological polar surface area (TPSA) is 29.5 Å². The molecule has 3 heteroatoms. The fourth-order valence-corrected chi connectivity index (χ4v) is 3.27. The molecule has 0 radical (unpaired) electrons. The average Bonchev–Trinajstić information content (AvgIpc) is 2.45. The number of piperidine rings is 1. The van der Waals surface area contributed by atoms with Gasteiger partial charge in [0.1, 0.15) is 12.4 Å². The number of rotatable bonds is 1. The molecule has 3 rings (SSSR count). The summed E-state index contributed by atoms with van der Waals surface area (Å²) in [4.78, 5) is 14.6. The summed E-state index contributed by atoms with van der Waals surface area (Å²) < 4.78 is 5.69. The van der Waals surface area contributed by atoms with E-state index in [-0.39, 0.29) is 5.91 Å².